The zero-order valence-corrected chi connectivity index (χ0v) is 9.57. The molecule has 0 bridgehead atoms. The summed E-state index contributed by atoms with van der Waals surface area (Å²) in [5, 5.41) is 17.1. The van der Waals surface area contributed by atoms with Crippen LogP contribution in [-0.2, 0) is 16.0 Å². The predicted molar refractivity (Wildman–Crippen MR) is 57.0 cm³/mol. The maximum atomic E-state index is 13.6. The first-order chi connectivity index (χ1) is 7.36. The van der Waals surface area contributed by atoms with E-state index in [1.807, 2.05) is 0 Å². The number of aliphatic carboxylic acids is 2. The minimum atomic E-state index is -3.29. The smallest absolute Gasteiger partial charge is 0.353 e. The highest BCUT2D eigenvalue weighted by Gasteiger charge is 2.47. The monoisotopic (exact) mass is 290 g/mol. The van der Waals surface area contributed by atoms with Crippen LogP contribution in [0, 0.1) is 0 Å². The molecular formula is C10H8BrFO4. The molecule has 0 heterocycles. The molecule has 0 fully saturated rings. The molecule has 1 rings (SSSR count). The van der Waals surface area contributed by atoms with Gasteiger partial charge in [-0.1, -0.05) is 28.1 Å². The molecule has 0 unspecified atom stereocenters. The minimum Gasteiger partial charge on any atom is -0.478 e. The van der Waals surface area contributed by atoms with E-state index in [0.717, 1.165) is 0 Å². The number of alkyl halides is 1. The van der Waals surface area contributed by atoms with E-state index in [-0.39, 0.29) is 0 Å². The van der Waals surface area contributed by atoms with Gasteiger partial charge in [-0.15, -0.1) is 0 Å². The van der Waals surface area contributed by atoms with Gasteiger partial charge >= 0.3 is 17.6 Å². The number of hydrogen-bond donors (Lipinski definition) is 2. The van der Waals surface area contributed by atoms with E-state index < -0.39 is 24.0 Å². The summed E-state index contributed by atoms with van der Waals surface area (Å²) in [6.45, 7) is 0. The summed E-state index contributed by atoms with van der Waals surface area (Å²) in [5.74, 6) is -4.00. The van der Waals surface area contributed by atoms with Crippen molar-refractivity contribution in [1.82, 2.24) is 0 Å². The van der Waals surface area contributed by atoms with Crippen LogP contribution >= 0.6 is 15.9 Å². The van der Waals surface area contributed by atoms with Gasteiger partial charge in [0.05, 0.1) is 0 Å². The highest BCUT2D eigenvalue weighted by molar-refractivity contribution is 9.10. The van der Waals surface area contributed by atoms with Gasteiger partial charge in [0, 0.05) is 10.9 Å². The molecule has 0 atom stereocenters. The molecule has 0 aliphatic rings. The molecule has 0 aromatic heterocycles. The lowest BCUT2D eigenvalue weighted by Crippen LogP contribution is -2.44. The molecule has 1 aromatic carbocycles. The van der Waals surface area contributed by atoms with Crippen molar-refractivity contribution >= 4 is 27.9 Å². The molecule has 0 spiro atoms. The van der Waals surface area contributed by atoms with Crippen LogP contribution in [-0.4, -0.2) is 27.8 Å². The highest BCUT2D eigenvalue weighted by atomic mass is 79.9. The number of hydrogen-bond acceptors (Lipinski definition) is 2. The average Bonchev–Trinajstić information content (AvgIpc) is 2.16. The lowest BCUT2D eigenvalue weighted by atomic mass is 9.96. The van der Waals surface area contributed by atoms with Gasteiger partial charge in [-0.25, -0.2) is 14.0 Å². The van der Waals surface area contributed by atoms with Crippen LogP contribution in [0.15, 0.2) is 28.7 Å². The van der Waals surface area contributed by atoms with Gasteiger partial charge < -0.3 is 10.2 Å². The number of benzene rings is 1. The molecule has 16 heavy (non-hydrogen) atoms. The molecule has 2 N–H and O–H groups in total. The van der Waals surface area contributed by atoms with E-state index in [9.17, 15) is 14.0 Å². The van der Waals surface area contributed by atoms with Crippen LogP contribution in [0.25, 0.3) is 0 Å². The van der Waals surface area contributed by atoms with E-state index in [2.05, 4.69) is 15.9 Å². The maximum Gasteiger partial charge on any atom is 0.353 e. The van der Waals surface area contributed by atoms with Crippen LogP contribution in [0.2, 0.25) is 0 Å². The van der Waals surface area contributed by atoms with Crippen molar-refractivity contribution in [2.75, 3.05) is 0 Å². The summed E-state index contributed by atoms with van der Waals surface area (Å²) >= 11 is 3.13. The highest BCUT2D eigenvalue weighted by Crippen LogP contribution is 2.21. The molecule has 86 valence electrons. The minimum absolute atomic E-state index is 0.293. The Morgan fingerprint density at radius 3 is 2.31 bits per heavy atom. The second kappa shape index (κ2) is 4.61. The molecule has 0 amide bonds. The van der Waals surface area contributed by atoms with E-state index >= 15 is 0 Å². The van der Waals surface area contributed by atoms with Gasteiger partial charge in [0.15, 0.2) is 0 Å². The molecular weight excluding hydrogens is 283 g/mol. The SMILES string of the molecule is O=C(O)C(F)(Cc1cccc(Br)c1)C(=O)O. The van der Waals surface area contributed by atoms with Crippen molar-refractivity contribution in [3.05, 3.63) is 34.3 Å². The third kappa shape index (κ3) is 2.57. The Hall–Kier alpha value is -1.43. The average molecular weight is 291 g/mol. The van der Waals surface area contributed by atoms with Crippen molar-refractivity contribution in [3.8, 4) is 0 Å². The summed E-state index contributed by atoms with van der Waals surface area (Å²) in [4.78, 5) is 21.2. The Kier molecular flexibility index (Phi) is 3.64. The van der Waals surface area contributed by atoms with Crippen LogP contribution in [0.4, 0.5) is 4.39 Å². The fraction of sp³-hybridized carbons (Fsp3) is 0.200. The van der Waals surface area contributed by atoms with E-state index in [0.29, 0.717) is 10.0 Å². The Morgan fingerprint density at radius 1 is 1.31 bits per heavy atom. The summed E-state index contributed by atoms with van der Waals surface area (Å²) in [6.07, 6.45) is -0.711. The zero-order valence-electron chi connectivity index (χ0n) is 7.98. The molecule has 0 aliphatic heterocycles. The number of carboxylic acid groups (broad SMARTS) is 2. The maximum absolute atomic E-state index is 13.6. The van der Waals surface area contributed by atoms with Crippen LogP contribution < -0.4 is 0 Å². The third-order valence-electron chi connectivity index (χ3n) is 2.01. The Labute approximate surface area is 98.8 Å². The molecule has 6 heteroatoms. The second-order valence-corrected chi connectivity index (χ2v) is 4.13. The van der Waals surface area contributed by atoms with E-state index in [1.54, 1.807) is 12.1 Å². The predicted octanol–water partition coefficient (Wildman–Crippen LogP) is 1.87. The summed E-state index contributed by atoms with van der Waals surface area (Å²) in [7, 11) is 0. The summed E-state index contributed by atoms with van der Waals surface area (Å²) in [5.41, 5.74) is -3.00. The number of halogens is 2. The fourth-order valence-corrected chi connectivity index (χ4v) is 1.62. The van der Waals surface area contributed by atoms with Crippen LogP contribution in [0.3, 0.4) is 0 Å². The fourth-order valence-electron chi connectivity index (χ4n) is 1.17. The zero-order chi connectivity index (χ0) is 12.3. The first-order valence-electron chi connectivity index (χ1n) is 4.26. The Morgan fingerprint density at radius 2 is 1.88 bits per heavy atom. The van der Waals surface area contributed by atoms with Gasteiger partial charge in [-0.05, 0) is 17.7 Å². The van der Waals surface area contributed by atoms with Crippen molar-refractivity contribution < 1.29 is 24.2 Å². The largest absolute Gasteiger partial charge is 0.478 e. The molecule has 0 radical (unpaired) electrons. The molecule has 0 saturated heterocycles. The van der Waals surface area contributed by atoms with Gasteiger partial charge in [-0.2, -0.15) is 0 Å². The van der Waals surface area contributed by atoms with Gasteiger partial charge in [0.1, 0.15) is 0 Å². The molecule has 1 aromatic rings. The standard InChI is InChI=1S/C10H8BrFO4/c11-7-3-1-2-6(4-7)5-10(12,8(13)14)9(15)16/h1-4H,5H2,(H,13,14)(H,15,16). The topological polar surface area (TPSA) is 74.6 Å². The first-order valence-corrected chi connectivity index (χ1v) is 5.05. The molecule has 0 saturated carbocycles. The summed E-state index contributed by atoms with van der Waals surface area (Å²) < 4.78 is 14.3. The second-order valence-electron chi connectivity index (χ2n) is 3.22. The normalized spacial score (nSPS) is 11.1. The lowest BCUT2D eigenvalue weighted by molar-refractivity contribution is -0.166. The third-order valence-corrected chi connectivity index (χ3v) is 2.51. The number of carboxylic acids is 2. The van der Waals surface area contributed by atoms with E-state index in [1.165, 1.54) is 12.1 Å². The van der Waals surface area contributed by atoms with Crippen LogP contribution in [0.1, 0.15) is 5.56 Å². The first kappa shape index (κ1) is 12.6. The van der Waals surface area contributed by atoms with Gasteiger partial charge in [0.2, 0.25) is 0 Å². The Bertz CT molecular complexity index is 419. The van der Waals surface area contributed by atoms with Crippen molar-refractivity contribution in [2.24, 2.45) is 0 Å². The molecule has 4 nitrogen and oxygen atoms in total. The summed E-state index contributed by atoms with van der Waals surface area (Å²) in [6, 6.07) is 6.18. The van der Waals surface area contributed by atoms with Crippen molar-refractivity contribution in [3.63, 3.8) is 0 Å². The number of carbonyl (C=O) groups is 2. The van der Waals surface area contributed by atoms with Crippen LogP contribution in [0.5, 0.6) is 0 Å². The van der Waals surface area contributed by atoms with Crippen molar-refractivity contribution in [1.29, 1.82) is 0 Å². The number of rotatable bonds is 4. The van der Waals surface area contributed by atoms with Gasteiger partial charge in [0.25, 0.3) is 0 Å². The quantitative estimate of drug-likeness (QED) is 0.830. The van der Waals surface area contributed by atoms with Crippen molar-refractivity contribution in [2.45, 2.75) is 12.1 Å². The molecule has 0 aliphatic carbocycles. The van der Waals surface area contributed by atoms with E-state index in [4.69, 9.17) is 10.2 Å². The Balaban J connectivity index is 3.02. The lowest BCUT2D eigenvalue weighted by Gasteiger charge is -2.15. The van der Waals surface area contributed by atoms with Gasteiger partial charge in [-0.3, -0.25) is 0 Å².